The molecule has 12 heteroatoms. The van der Waals surface area contributed by atoms with E-state index in [1.165, 1.54) is 12.4 Å². The molecule has 0 radical (unpaired) electrons. The number of nitrogens with zero attached hydrogens (tertiary/aromatic N) is 5. The highest BCUT2D eigenvalue weighted by molar-refractivity contribution is 5.87. The van der Waals surface area contributed by atoms with Gasteiger partial charge < -0.3 is 20.3 Å². The highest BCUT2D eigenvalue weighted by Crippen LogP contribution is 2.32. The number of hydrogen-bond acceptors (Lipinski definition) is 6. The molecule has 0 spiro atoms. The van der Waals surface area contributed by atoms with E-state index in [2.05, 4.69) is 19.4 Å². The number of primary amides is 1. The van der Waals surface area contributed by atoms with Crippen molar-refractivity contribution in [2.45, 2.75) is 39.0 Å². The third-order valence-corrected chi connectivity index (χ3v) is 6.50. The Balaban J connectivity index is 0.00000186. The molecule has 1 aliphatic rings. The molecule has 1 fully saturated rings. The number of likely N-dealkylation sites (tertiary alicyclic amines) is 1. The normalized spacial score (nSPS) is 14.9. The van der Waals surface area contributed by atoms with Crippen molar-refractivity contribution < 1.29 is 27.5 Å². The van der Waals surface area contributed by atoms with Crippen molar-refractivity contribution in [2.24, 2.45) is 11.7 Å². The van der Waals surface area contributed by atoms with Crippen molar-refractivity contribution in [1.29, 1.82) is 0 Å². The molecular weight excluding hydrogens is 492 g/mol. The topological polar surface area (TPSA) is 101 Å². The van der Waals surface area contributed by atoms with E-state index in [-0.39, 0.29) is 24.6 Å². The zero-order chi connectivity index (χ0) is 27.2. The summed E-state index contributed by atoms with van der Waals surface area (Å²) in [7, 11) is 1.00. The van der Waals surface area contributed by atoms with Crippen molar-refractivity contribution in [3.05, 3.63) is 53.7 Å². The molecule has 0 bridgehead atoms. The number of halogens is 4. The van der Waals surface area contributed by atoms with Crippen LogP contribution in [-0.2, 0) is 24.1 Å². The maximum atomic E-state index is 14.5. The van der Waals surface area contributed by atoms with E-state index in [1.54, 1.807) is 0 Å². The predicted octanol–water partition coefficient (Wildman–Crippen LogP) is 3.42. The first-order chi connectivity index (χ1) is 17.7. The van der Waals surface area contributed by atoms with Gasteiger partial charge in [0.05, 0.1) is 17.5 Å². The molecule has 3 heterocycles. The summed E-state index contributed by atoms with van der Waals surface area (Å²) in [5.41, 5.74) is 5.19. The quantitative estimate of drug-likeness (QED) is 0.438. The molecule has 37 heavy (non-hydrogen) atoms. The van der Waals surface area contributed by atoms with Gasteiger partial charge in [-0.05, 0) is 57.0 Å². The lowest BCUT2D eigenvalue weighted by Crippen LogP contribution is -2.40. The van der Waals surface area contributed by atoms with Crippen LogP contribution in [0.4, 0.5) is 23.4 Å². The van der Waals surface area contributed by atoms with Gasteiger partial charge in [0.2, 0.25) is 5.91 Å². The number of alkyl halides is 3. The number of anilines is 1. The molecule has 0 unspecified atom stereocenters. The number of aromatic nitrogens is 3. The molecule has 1 aliphatic heterocycles. The van der Waals surface area contributed by atoms with E-state index in [0.29, 0.717) is 24.3 Å². The van der Waals surface area contributed by atoms with Gasteiger partial charge in [0.25, 0.3) is 0 Å². The molecule has 202 valence electrons. The Bertz CT molecular complexity index is 1190. The highest BCUT2D eigenvalue weighted by atomic mass is 19.4. The zero-order valence-corrected chi connectivity index (χ0v) is 20.9. The minimum Gasteiger partial charge on any atom is -0.400 e. The Morgan fingerprint density at radius 2 is 1.89 bits per heavy atom. The van der Waals surface area contributed by atoms with Crippen molar-refractivity contribution >= 4 is 22.8 Å². The van der Waals surface area contributed by atoms with Crippen molar-refractivity contribution in [3.63, 3.8) is 0 Å². The molecule has 0 aliphatic carbocycles. The lowest BCUT2D eigenvalue weighted by Gasteiger charge is -2.31. The van der Waals surface area contributed by atoms with Crippen molar-refractivity contribution in [3.8, 4) is 0 Å². The summed E-state index contributed by atoms with van der Waals surface area (Å²) in [5, 5.41) is 7.80. The maximum absolute atomic E-state index is 14.5. The van der Waals surface area contributed by atoms with Gasteiger partial charge in [-0.25, -0.2) is 14.4 Å². The molecule has 1 amide bonds. The lowest BCUT2D eigenvalue weighted by molar-refractivity contribution is -0.137. The van der Waals surface area contributed by atoms with Gasteiger partial charge in [0, 0.05) is 38.5 Å². The average molecular weight is 525 g/mol. The summed E-state index contributed by atoms with van der Waals surface area (Å²) in [6, 6.07) is 4.52. The van der Waals surface area contributed by atoms with Gasteiger partial charge in [-0.2, -0.15) is 13.2 Å². The number of nitrogens with two attached hydrogens (primary N) is 1. The highest BCUT2D eigenvalue weighted by Gasteiger charge is 2.31. The number of benzene rings is 1. The number of rotatable bonds is 8. The van der Waals surface area contributed by atoms with Crippen LogP contribution in [0.15, 0.2) is 36.8 Å². The summed E-state index contributed by atoms with van der Waals surface area (Å²) in [6.45, 7) is 5.12. The van der Waals surface area contributed by atoms with E-state index in [9.17, 15) is 22.4 Å². The van der Waals surface area contributed by atoms with Crippen LogP contribution in [0, 0.1) is 11.7 Å². The van der Waals surface area contributed by atoms with Gasteiger partial charge in [-0.3, -0.25) is 9.69 Å². The number of amides is 1. The second-order valence-corrected chi connectivity index (χ2v) is 8.91. The fraction of sp³-hybridized carbons (Fsp3) is 0.480. The molecule has 4 rings (SSSR count). The fourth-order valence-corrected chi connectivity index (χ4v) is 4.61. The number of piperidine rings is 1. The smallest absolute Gasteiger partial charge is 0.400 e. The van der Waals surface area contributed by atoms with Crippen LogP contribution in [0.3, 0.4) is 0 Å². The van der Waals surface area contributed by atoms with Crippen LogP contribution in [-0.4, -0.2) is 63.7 Å². The summed E-state index contributed by atoms with van der Waals surface area (Å²) in [4.78, 5) is 23.9. The molecule has 0 atom stereocenters. The Kier molecular flexibility index (Phi) is 9.44. The first-order valence-corrected chi connectivity index (χ1v) is 12.0. The number of aliphatic hydroxyl groups is 1. The minimum absolute atomic E-state index is 0.0795. The Morgan fingerprint density at radius 3 is 2.49 bits per heavy atom. The van der Waals surface area contributed by atoms with Gasteiger partial charge in [-0.15, -0.1) is 0 Å². The molecule has 1 saturated heterocycles. The van der Waals surface area contributed by atoms with Crippen LogP contribution in [0.25, 0.3) is 11.0 Å². The molecule has 3 aromatic rings. The number of fused-ring (bicyclic) bond motifs is 1. The molecule has 2 aromatic heterocycles. The zero-order valence-electron chi connectivity index (χ0n) is 20.9. The van der Waals surface area contributed by atoms with E-state index in [1.807, 2.05) is 24.1 Å². The Hall–Kier alpha value is -3.25. The van der Waals surface area contributed by atoms with Crippen molar-refractivity contribution in [2.75, 3.05) is 38.2 Å². The van der Waals surface area contributed by atoms with Gasteiger partial charge >= 0.3 is 6.18 Å². The van der Waals surface area contributed by atoms with Gasteiger partial charge in [0.1, 0.15) is 23.6 Å². The van der Waals surface area contributed by atoms with E-state index < -0.39 is 17.6 Å². The lowest BCUT2D eigenvalue weighted by atomic mass is 9.96. The van der Waals surface area contributed by atoms with Crippen LogP contribution < -0.4 is 10.6 Å². The maximum Gasteiger partial charge on any atom is 0.416 e. The average Bonchev–Trinajstić information content (AvgIpc) is 3.28. The molecular formula is C25H32F4N6O2. The van der Waals surface area contributed by atoms with E-state index in [4.69, 9.17) is 10.8 Å². The van der Waals surface area contributed by atoms with Crippen LogP contribution in [0.5, 0.6) is 0 Å². The van der Waals surface area contributed by atoms with Crippen LogP contribution in [0.1, 0.15) is 30.9 Å². The minimum atomic E-state index is -4.59. The first-order valence-electron chi connectivity index (χ1n) is 12.0. The summed E-state index contributed by atoms with van der Waals surface area (Å²) in [6.07, 6.45) is 0.697. The summed E-state index contributed by atoms with van der Waals surface area (Å²) >= 11 is 0. The predicted molar refractivity (Wildman–Crippen MR) is 132 cm³/mol. The van der Waals surface area contributed by atoms with E-state index >= 15 is 0 Å². The fourth-order valence-electron chi connectivity index (χ4n) is 4.61. The number of carbonyl (C=O) groups excluding carboxylic acids is 1. The van der Waals surface area contributed by atoms with Gasteiger partial charge in [0.15, 0.2) is 0 Å². The van der Waals surface area contributed by atoms with Crippen LogP contribution in [0.2, 0.25) is 0 Å². The third-order valence-electron chi connectivity index (χ3n) is 6.50. The summed E-state index contributed by atoms with van der Waals surface area (Å²) < 4.78 is 55.2. The molecule has 1 aromatic carbocycles. The molecule has 3 N–H and O–H groups in total. The number of aliphatic hydroxyl groups excluding tert-OH is 1. The Morgan fingerprint density at radius 1 is 1.19 bits per heavy atom. The first kappa shape index (κ1) is 28.3. The second kappa shape index (κ2) is 12.3. The SMILES string of the molecule is CCN(Cc1ccc(C(F)(F)F)cc1F)c1ncnc2c1ccn2CC1CCN(CC(N)=O)CC1.CO. The number of hydrogen-bond donors (Lipinski definition) is 2. The largest absolute Gasteiger partial charge is 0.416 e. The third kappa shape index (κ3) is 6.95. The van der Waals surface area contributed by atoms with Crippen LogP contribution >= 0.6 is 0 Å². The monoisotopic (exact) mass is 524 g/mol. The van der Waals surface area contributed by atoms with E-state index in [0.717, 1.165) is 56.7 Å². The number of carbonyl (C=O) groups is 1. The standard InChI is InChI=1S/C24H28F4N6O.CH4O/c1-2-33(13-17-3-4-18(11-20(17)25)24(26,27)28)22-19-7-10-34(23(19)31-15-30-22)12-16-5-8-32(9-6-16)14-21(29)35;1-2/h3-4,7,10-11,15-16H,2,5-6,8-9,12-14H2,1H3,(H2,29,35);2H,1H3. The summed E-state index contributed by atoms with van der Waals surface area (Å²) in [5.74, 6) is -0.187. The van der Waals surface area contributed by atoms with Gasteiger partial charge in [-0.1, -0.05) is 6.07 Å². The van der Waals surface area contributed by atoms with Crippen molar-refractivity contribution in [1.82, 2.24) is 19.4 Å². The Labute approximate surface area is 212 Å². The second-order valence-electron chi connectivity index (χ2n) is 8.91. The molecule has 0 saturated carbocycles. The molecule has 8 nitrogen and oxygen atoms in total.